The van der Waals surface area contributed by atoms with Crippen LogP contribution < -0.4 is 4.74 Å². The highest BCUT2D eigenvalue weighted by molar-refractivity contribution is 5.71. The predicted octanol–water partition coefficient (Wildman–Crippen LogP) is 2.77. The van der Waals surface area contributed by atoms with Crippen LogP contribution in [0.4, 0.5) is 13.2 Å². The molecule has 0 bridgehead atoms. The van der Waals surface area contributed by atoms with Crippen LogP contribution in [-0.4, -0.2) is 38.4 Å². The number of tetrazole rings is 1. The molecule has 1 aromatic heterocycles. The third kappa shape index (κ3) is 5.71. The molecule has 0 saturated heterocycles. The lowest BCUT2D eigenvalue weighted by molar-refractivity contribution is -0.157. The van der Waals surface area contributed by atoms with E-state index in [2.05, 4.69) is 15.4 Å². The van der Waals surface area contributed by atoms with Crippen LogP contribution in [0.5, 0.6) is 5.75 Å². The summed E-state index contributed by atoms with van der Waals surface area (Å²) in [6.07, 6.45) is -4.51. The molecular weight excluding hydrogens is 353 g/mol. The van der Waals surface area contributed by atoms with E-state index >= 15 is 0 Å². The van der Waals surface area contributed by atoms with Gasteiger partial charge < -0.3 is 9.47 Å². The largest absolute Gasteiger partial charge is 0.482 e. The first-order valence-corrected chi connectivity index (χ1v) is 7.73. The van der Waals surface area contributed by atoms with Crippen molar-refractivity contribution in [2.24, 2.45) is 0 Å². The number of carbonyl (C=O) groups excluding carboxylic acids is 1. The summed E-state index contributed by atoms with van der Waals surface area (Å²) in [5.74, 6) is -0.134. The lowest BCUT2D eigenvalue weighted by atomic mass is 10.1. The van der Waals surface area contributed by atoms with E-state index in [1.54, 1.807) is 27.7 Å². The highest BCUT2D eigenvalue weighted by Crippen LogP contribution is 2.33. The van der Waals surface area contributed by atoms with Crippen molar-refractivity contribution in [3.63, 3.8) is 0 Å². The summed E-state index contributed by atoms with van der Waals surface area (Å²) < 4.78 is 49.4. The van der Waals surface area contributed by atoms with Crippen molar-refractivity contribution < 1.29 is 27.4 Å². The molecule has 1 aromatic carbocycles. The monoisotopic (exact) mass is 372 g/mol. The van der Waals surface area contributed by atoms with E-state index < -0.39 is 29.9 Å². The van der Waals surface area contributed by atoms with E-state index in [4.69, 9.17) is 9.47 Å². The molecule has 0 radical (unpaired) electrons. The average Bonchev–Trinajstić information content (AvgIpc) is 2.88. The van der Waals surface area contributed by atoms with Crippen LogP contribution in [0.15, 0.2) is 18.2 Å². The Hall–Kier alpha value is -2.65. The third-order valence-corrected chi connectivity index (χ3v) is 3.02. The fourth-order valence-electron chi connectivity index (χ4n) is 2.07. The van der Waals surface area contributed by atoms with Crippen molar-refractivity contribution in [3.8, 4) is 5.75 Å². The summed E-state index contributed by atoms with van der Waals surface area (Å²) in [6, 6.07) is 2.98. The van der Waals surface area contributed by atoms with Gasteiger partial charge >= 0.3 is 12.1 Å². The minimum atomic E-state index is -4.51. The van der Waals surface area contributed by atoms with Gasteiger partial charge in [0.2, 0.25) is 0 Å². The van der Waals surface area contributed by atoms with Gasteiger partial charge in [0.25, 0.3) is 0 Å². The second-order valence-corrected chi connectivity index (χ2v) is 6.56. The first kappa shape index (κ1) is 19.7. The zero-order valence-electron chi connectivity index (χ0n) is 14.8. The van der Waals surface area contributed by atoms with Crippen LogP contribution >= 0.6 is 0 Å². The molecule has 1 heterocycles. The van der Waals surface area contributed by atoms with Gasteiger partial charge in [0.15, 0.2) is 12.4 Å². The Kier molecular flexibility index (Phi) is 5.53. The van der Waals surface area contributed by atoms with Crippen molar-refractivity contribution >= 4 is 5.97 Å². The maximum Gasteiger partial charge on any atom is 0.416 e. The smallest absolute Gasteiger partial charge is 0.416 e. The second kappa shape index (κ2) is 7.30. The summed E-state index contributed by atoms with van der Waals surface area (Å²) in [4.78, 5) is 12.9. The first-order valence-electron chi connectivity index (χ1n) is 7.73. The normalized spacial score (nSPS) is 12.1. The molecule has 0 atom stereocenters. The number of hydrogen-bond acceptors (Lipinski definition) is 6. The zero-order valence-corrected chi connectivity index (χ0v) is 14.8. The highest BCUT2D eigenvalue weighted by Gasteiger charge is 2.31. The number of benzene rings is 1. The topological polar surface area (TPSA) is 79.1 Å². The molecule has 2 aromatic rings. The lowest BCUT2D eigenvalue weighted by Crippen LogP contribution is -2.27. The van der Waals surface area contributed by atoms with Gasteiger partial charge in [0.05, 0.1) is 12.1 Å². The first-order chi connectivity index (χ1) is 11.9. The summed E-state index contributed by atoms with van der Waals surface area (Å²) in [5.41, 5.74) is -1.36. The Balaban J connectivity index is 2.22. The maximum absolute atomic E-state index is 13.0. The number of esters is 1. The van der Waals surface area contributed by atoms with Crippen LogP contribution in [0.2, 0.25) is 0 Å². The molecule has 0 fully saturated rings. The summed E-state index contributed by atoms with van der Waals surface area (Å²) in [5, 5.41) is 11.4. The van der Waals surface area contributed by atoms with E-state index in [0.717, 1.165) is 23.0 Å². The number of hydrogen-bond donors (Lipinski definition) is 0. The molecule has 0 spiro atoms. The van der Waals surface area contributed by atoms with Gasteiger partial charge in [-0.15, -0.1) is 10.2 Å². The van der Waals surface area contributed by atoms with Gasteiger partial charge in [-0.05, 0) is 51.1 Å². The van der Waals surface area contributed by atoms with E-state index in [1.165, 1.54) is 0 Å². The molecular formula is C16H19F3N4O3. The minimum absolute atomic E-state index is 0.0889. The Morgan fingerprint density at radius 1 is 1.23 bits per heavy atom. The second-order valence-electron chi connectivity index (χ2n) is 6.56. The van der Waals surface area contributed by atoms with Crippen LogP contribution in [0.3, 0.4) is 0 Å². The van der Waals surface area contributed by atoms with Gasteiger partial charge in [-0.25, -0.2) is 4.79 Å². The van der Waals surface area contributed by atoms with E-state index in [0.29, 0.717) is 5.82 Å². The summed E-state index contributed by atoms with van der Waals surface area (Å²) in [6.45, 7) is 6.19. The Morgan fingerprint density at radius 2 is 1.92 bits per heavy atom. The third-order valence-electron chi connectivity index (χ3n) is 3.02. The SMILES string of the molecule is Cc1nnn(Cc2cc(C(F)(F)F)ccc2OCC(=O)OC(C)(C)C)n1. The van der Waals surface area contributed by atoms with Crippen LogP contribution in [0.1, 0.15) is 37.7 Å². The van der Waals surface area contributed by atoms with Crippen molar-refractivity contribution in [1.82, 2.24) is 20.2 Å². The molecule has 10 heteroatoms. The van der Waals surface area contributed by atoms with Gasteiger partial charge in [-0.3, -0.25) is 0 Å². The van der Waals surface area contributed by atoms with Crippen LogP contribution in [-0.2, 0) is 22.3 Å². The molecule has 0 saturated carbocycles. The number of nitrogens with zero attached hydrogens (tertiary/aromatic N) is 4. The predicted molar refractivity (Wildman–Crippen MR) is 84.4 cm³/mol. The molecule has 2 rings (SSSR count). The number of ether oxygens (including phenoxy) is 2. The molecule has 0 aliphatic heterocycles. The number of aromatic nitrogens is 4. The standard InChI is InChI=1S/C16H19F3N4O3/c1-10-20-22-23(21-10)8-11-7-12(16(17,18)19)5-6-13(11)25-9-14(24)26-15(2,3)4/h5-7H,8-9H2,1-4H3. The van der Waals surface area contributed by atoms with Gasteiger partial charge in [-0.1, -0.05) is 0 Å². The lowest BCUT2D eigenvalue weighted by Gasteiger charge is -2.20. The van der Waals surface area contributed by atoms with Crippen LogP contribution in [0, 0.1) is 6.92 Å². The van der Waals surface area contributed by atoms with Gasteiger partial charge in [-0.2, -0.15) is 18.0 Å². The molecule has 0 aliphatic carbocycles. The Morgan fingerprint density at radius 3 is 2.46 bits per heavy atom. The maximum atomic E-state index is 13.0. The van der Waals surface area contributed by atoms with Crippen molar-refractivity contribution in [2.45, 2.75) is 46.0 Å². The molecule has 142 valence electrons. The molecule has 7 nitrogen and oxygen atoms in total. The van der Waals surface area contributed by atoms with E-state index in [1.807, 2.05) is 0 Å². The number of halogens is 3. The van der Waals surface area contributed by atoms with Crippen molar-refractivity contribution in [1.29, 1.82) is 0 Å². The number of rotatable bonds is 5. The quantitative estimate of drug-likeness (QED) is 0.751. The van der Waals surface area contributed by atoms with Gasteiger partial charge in [0, 0.05) is 5.56 Å². The molecule has 0 N–H and O–H groups in total. The molecule has 0 aliphatic rings. The van der Waals surface area contributed by atoms with Crippen molar-refractivity contribution in [3.05, 3.63) is 35.2 Å². The minimum Gasteiger partial charge on any atom is -0.482 e. The van der Waals surface area contributed by atoms with Gasteiger partial charge in [0.1, 0.15) is 11.4 Å². The Labute approximate surface area is 148 Å². The highest BCUT2D eigenvalue weighted by atomic mass is 19.4. The molecule has 0 amide bonds. The summed E-state index contributed by atoms with van der Waals surface area (Å²) in [7, 11) is 0. The zero-order chi connectivity index (χ0) is 19.5. The van der Waals surface area contributed by atoms with E-state index in [9.17, 15) is 18.0 Å². The van der Waals surface area contributed by atoms with Crippen LogP contribution in [0.25, 0.3) is 0 Å². The average molecular weight is 372 g/mol. The van der Waals surface area contributed by atoms with E-state index in [-0.39, 0.29) is 17.9 Å². The summed E-state index contributed by atoms with van der Waals surface area (Å²) >= 11 is 0. The number of carbonyl (C=O) groups is 1. The molecule has 26 heavy (non-hydrogen) atoms. The number of aryl methyl sites for hydroxylation is 1. The molecule has 0 unspecified atom stereocenters. The fraction of sp³-hybridized carbons (Fsp3) is 0.500. The fourth-order valence-corrected chi connectivity index (χ4v) is 2.07. The van der Waals surface area contributed by atoms with Crippen molar-refractivity contribution in [2.75, 3.05) is 6.61 Å². The Bertz CT molecular complexity index is 782. The number of alkyl halides is 3.